The first-order valence-electron chi connectivity index (χ1n) is 7.89. The van der Waals surface area contributed by atoms with E-state index in [2.05, 4.69) is 0 Å². The van der Waals surface area contributed by atoms with Crippen molar-refractivity contribution < 1.29 is 9.59 Å². The zero-order valence-electron chi connectivity index (χ0n) is 13.6. The highest BCUT2D eigenvalue weighted by Crippen LogP contribution is 2.35. The number of hydrogen-bond acceptors (Lipinski definition) is 4. The molecule has 1 fully saturated rings. The Kier molecular flexibility index (Phi) is 4.19. The molecule has 1 aromatic heterocycles. The zero-order valence-corrected chi connectivity index (χ0v) is 15.2. The number of thioether (sulfide) groups is 1. The van der Waals surface area contributed by atoms with Crippen LogP contribution >= 0.6 is 23.1 Å². The average Bonchev–Trinajstić information content (AvgIpc) is 3.13. The monoisotopic (exact) mass is 365 g/mol. The van der Waals surface area contributed by atoms with Gasteiger partial charge in [-0.25, -0.2) is 0 Å². The summed E-state index contributed by atoms with van der Waals surface area (Å²) >= 11 is 2.59. The predicted molar refractivity (Wildman–Crippen MR) is 105 cm³/mol. The molecule has 1 aliphatic rings. The minimum absolute atomic E-state index is 0.210. The molecule has 0 atom stereocenters. The number of amides is 2. The van der Waals surface area contributed by atoms with Crippen LogP contribution in [0, 0.1) is 6.92 Å². The van der Waals surface area contributed by atoms with Crippen LogP contribution < -0.4 is 0 Å². The van der Waals surface area contributed by atoms with E-state index in [1.807, 2.05) is 66.9 Å². The van der Waals surface area contributed by atoms with Gasteiger partial charge in [0.05, 0.1) is 11.4 Å². The molecule has 25 heavy (non-hydrogen) atoms. The largest absolute Gasteiger partial charge is 0.293 e. The van der Waals surface area contributed by atoms with Gasteiger partial charge in [0.1, 0.15) is 0 Å². The summed E-state index contributed by atoms with van der Waals surface area (Å²) in [6.07, 6.45) is 1.83. The number of imide groups is 1. The molecule has 124 valence electrons. The van der Waals surface area contributed by atoms with E-state index < -0.39 is 0 Å². The maximum Gasteiger partial charge on any atom is 0.293 e. The molecule has 0 N–H and O–H groups in total. The SMILES string of the molecule is Cc1ccsc1/C=C1/SC(=O)N(Cc2cccc3ccccc23)C1=O. The van der Waals surface area contributed by atoms with Gasteiger partial charge in [-0.2, -0.15) is 0 Å². The minimum Gasteiger partial charge on any atom is -0.268 e. The summed E-state index contributed by atoms with van der Waals surface area (Å²) in [5.41, 5.74) is 2.10. The second-order valence-electron chi connectivity index (χ2n) is 5.87. The number of benzene rings is 2. The van der Waals surface area contributed by atoms with Gasteiger partial charge in [-0.3, -0.25) is 14.5 Å². The second kappa shape index (κ2) is 6.50. The van der Waals surface area contributed by atoms with Crippen molar-refractivity contribution in [3.63, 3.8) is 0 Å². The fourth-order valence-electron chi connectivity index (χ4n) is 2.89. The fraction of sp³-hybridized carbons (Fsp3) is 0.100. The number of fused-ring (bicyclic) bond motifs is 1. The molecule has 0 radical (unpaired) electrons. The van der Waals surface area contributed by atoms with Crippen LogP contribution in [0.4, 0.5) is 4.79 Å². The van der Waals surface area contributed by atoms with E-state index in [0.29, 0.717) is 11.4 Å². The summed E-state index contributed by atoms with van der Waals surface area (Å²) in [7, 11) is 0. The number of carbonyl (C=O) groups is 2. The highest BCUT2D eigenvalue weighted by atomic mass is 32.2. The number of thiophene rings is 1. The van der Waals surface area contributed by atoms with Crippen molar-refractivity contribution in [1.82, 2.24) is 4.90 Å². The summed E-state index contributed by atoms with van der Waals surface area (Å²) in [5, 5.41) is 3.96. The molecule has 0 saturated carbocycles. The van der Waals surface area contributed by atoms with Gasteiger partial charge in [0.15, 0.2) is 0 Å². The van der Waals surface area contributed by atoms with Gasteiger partial charge in [0, 0.05) is 4.88 Å². The van der Waals surface area contributed by atoms with E-state index in [0.717, 1.165) is 38.5 Å². The van der Waals surface area contributed by atoms with Crippen LogP contribution in [-0.4, -0.2) is 16.0 Å². The lowest BCUT2D eigenvalue weighted by molar-refractivity contribution is -0.123. The van der Waals surface area contributed by atoms with Crippen molar-refractivity contribution in [2.24, 2.45) is 0 Å². The molecule has 2 aromatic carbocycles. The zero-order chi connectivity index (χ0) is 17.4. The molecule has 4 rings (SSSR count). The number of rotatable bonds is 3. The van der Waals surface area contributed by atoms with Crippen LogP contribution in [0.25, 0.3) is 16.8 Å². The Bertz CT molecular complexity index is 1010. The van der Waals surface area contributed by atoms with Gasteiger partial charge in [0.25, 0.3) is 11.1 Å². The van der Waals surface area contributed by atoms with Gasteiger partial charge in [-0.15, -0.1) is 11.3 Å². The first-order chi connectivity index (χ1) is 12.1. The second-order valence-corrected chi connectivity index (χ2v) is 7.81. The lowest BCUT2D eigenvalue weighted by atomic mass is 10.0. The standard InChI is InChI=1S/C20H15NO2S2/c1-13-9-10-24-17(13)11-18-19(22)21(20(23)25-18)12-15-7-4-6-14-5-2-3-8-16(14)15/h2-11H,12H2,1H3/b18-11+. The Balaban J connectivity index is 1.65. The third kappa shape index (κ3) is 3.01. The van der Waals surface area contributed by atoms with Gasteiger partial charge < -0.3 is 0 Å². The van der Waals surface area contributed by atoms with Crippen LogP contribution in [0.3, 0.4) is 0 Å². The van der Waals surface area contributed by atoms with Crippen molar-refractivity contribution >= 4 is 51.1 Å². The molecule has 0 aliphatic carbocycles. The molecule has 3 aromatic rings. The number of nitrogens with zero attached hydrogens (tertiary/aromatic N) is 1. The van der Waals surface area contributed by atoms with Crippen molar-refractivity contribution in [2.45, 2.75) is 13.5 Å². The number of aryl methyl sites for hydroxylation is 1. The number of hydrogen-bond donors (Lipinski definition) is 0. The molecule has 1 aliphatic heterocycles. The first-order valence-corrected chi connectivity index (χ1v) is 9.59. The van der Waals surface area contributed by atoms with E-state index in [-0.39, 0.29) is 11.1 Å². The molecule has 0 unspecified atom stereocenters. The third-order valence-corrected chi connectivity index (χ3v) is 6.12. The fourth-order valence-corrected chi connectivity index (χ4v) is 4.64. The van der Waals surface area contributed by atoms with Crippen LogP contribution in [0.5, 0.6) is 0 Å². The van der Waals surface area contributed by atoms with Gasteiger partial charge in [-0.1, -0.05) is 42.5 Å². The molecule has 2 amide bonds. The Labute approximate surface area is 154 Å². The van der Waals surface area contributed by atoms with E-state index in [1.165, 1.54) is 4.90 Å². The average molecular weight is 365 g/mol. The highest BCUT2D eigenvalue weighted by molar-refractivity contribution is 8.18. The van der Waals surface area contributed by atoms with Crippen LogP contribution in [0.2, 0.25) is 0 Å². The smallest absolute Gasteiger partial charge is 0.268 e. The van der Waals surface area contributed by atoms with Gasteiger partial charge >= 0.3 is 0 Å². The van der Waals surface area contributed by atoms with Crippen LogP contribution in [0.1, 0.15) is 16.0 Å². The number of carbonyl (C=O) groups excluding carboxylic acids is 2. The normalized spacial score (nSPS) is 16.4. The maximum absolute atomic E-state index is 12.7. The van der Waals surface area contributed by atoms with Gasteiger partial charge in [-0.05, 0) is 58.1 Å². The Morgan fingerprint density at radius 2 is 1.84 bits per heavy atom. The summed E-state index contributed by atoms with van der Waals surface area (Å²) in [4.78, 5) is 27.9. The topological polar surface area (TPSA) is 37.4 Å². The van der Waals surface area contributed by atoms with Crippen LogP contribution in [-0.2, 0) is 11.3 Å². The molecule has 1 saturated heterocycles. The molecule has 0 spiro atoms. The van der Waals surface area contributed by atoms with E-state index >= 15 is 0 Å². The van der Waals surface area contributed by atoms with Crippen molar-refractivity contribution in [3.8, 4) is 0 Å². The van der Waals surface area contributed by atoms with Crippen LogP contribution in [0.15, 0.2) is 58.8 Å². The summed E-state index contributed by atoms with van der Waals surface area (Å²) in [6.45, 7) is 2.30. The Morgan fingerprint density at radius 1 is 1.04 bits per heavy atom. The molecule has 3 nitrogen and oxygen atoms in total. The lowest BCUT2D eigenvalue weighted by Crippen LogP contribution is -2.27. The highest BCUT2D eigenvalue weighted by Gasteiger charge is 2.35. The maximum atomic E-state index is 12.7. The summed E-state index contributed by atoms with van der Waals surface area (Å²) in [6, 6.07) is 16.0. The van der Waals surface area contributed by atoms with Crippen molar-refractivity contribution in [3.05, 3.63) is 74.8 Å². The molecule has 2 heterocycles. The van der Waals surface area contributed by atoms with Crippen molar-refractivity contribution in [2.75, 3.05) is 0 Å². The van der Waals surface area contributed by atoms with E-state index in [9.17, 15) is 9.59 Å². The quantitative estimate of drug-likeness (QED) is 0.580. The van der Waals surface area contributed by atoms with Crippen molar-refractivity contribution in [1.29, 1.82) is 0 Å². The molecule has 0 bridgehead atoms. The predicted octanol–water partition coefficient (Wildman–Crippen LogP) is 5.45. The lowest BCUT2D eigenvalue weighted by Gasteiger charge is -2.14. The molecular weight excluding hydrogens is 350 g/mol. The van der Waals surface area contributed by atoms with Gasteiger partial charge in [0.2, 0.25) is 0 Å². The first kappa shape index (κ1) is 16.1. The Hall–Kier alpha value is -2.37. The summed E-state index contributed by atoms with van der Waals surface area (Å²) < 4.78 is 0. The van der Waals surface area contributed by atoms with E-state index in [4.69, 9.17) is 0 Å². The molecular formula is C20H15NO2S2. The molecule has 5 heteroatoms. The summed E-state index contributed by atoms with van der Waals surface area (Å²) in [5.74, 6) is -0.212. The Morgan fingerprint density at radius 3 is 2.64 bits per heavy atom. The third-order valence-electron chi connectivity index (χ3n) is 4.25. The minimum atomic E-state index is -0.212. The van der Waals surface area contributed by atoms with E-state index in [1.54, 1.807) is 11.3 Å².